The number of carboxylic acid groups (broad SMARTS) is 1. The van der Waals surface area contributed by atoms with Gasteiger partial charge in [0.1, 0.15) is 17.4 Å². The molecule has 0 amide bonds. The van der Waals surface area contributed by atoms with E-state index in [1.807, 2.05) is 23.0 Å². The molecule has 0 saturated heterocycles. The van der Waals surface area contributed by atoms with Crippen molar-refractivity contribution in [1.29, 1.82) is 0 Å². The topological polar surface area (TPSA) is 137 Å². The van der Waals surface area contributed by atoms with Gasteiger partial charge >= 0.3 is 12.1 Å². The fourth-order valence-corrected chi connectivity index (χ4v) is 3.07. The maximum Gasteiger partial charge on any atom is 0.490 e. The Morgan fingerprint density at radius 2 is 1.90 bits per heavy atom. The molecule has 10 nitrogen and oxygen atoms in total. The summed E-state index contributed by atoms with van der Waals surface area (Å²) in [5.74, 6) is -1.68. The molecule has 3 aromatic heterocycles. The van der Waals surface area contributed by atoms with Gasteiger partial charge in [0.15, 0.2) is 11.5 Å². The van der Waals surface area contributed by atoms with Gasteiger partial charge < -0.3 is 10.8 Å². The van der Waals surface area contributed by atoms with Crippen LogP contribution in [0.5, 0.6) is 0 Å². The Labute approximate surface area is 172 Å². The number of alkyl halides is 3. The Morgan fingerprint density at radius 3 is 2.55 bits per heavy atom. The molecule has 0 bridgehead atoms. The molecule has 1 unspecified atom stereocenters. The first kappa shape index (κ1) is 20.5. The number of halogens is 3. The average Bonchev–Trinajstić information content (AvgIpc) is 3.32. The van der Waals surface area contributed by atoms with Crippen LogP contribution in [0.1, 0.15) is 25.8 Å². The van der Waals surface area contributed by atoms with Gasteiger partial charge in [-0.15, -0.1) is 0 Å². The maximum atomic E-state index is 10.6. The van der Waals surface area contributed by atoms with E-state index in [9.17, 15) is 13.2 Å². The second-order valence-corrected chi connectivity index (χ2v) is 7.13. The van der Waals surface area contributed by atoms with Gasteiger partial charge in [0, 0.05) is 5.56 Å². The Bertz CT molecular complexity index is 1260. The van der Waals surface area contributed by atoms with E-state index in [0.29, 0.717) is 23.4 Å². The molecule has 1 aromatic carbocycles. The maximum absolute atomic E-state index is 10.6. The van der Waals surface area contributed by atoms with Crippen LogP contribution < -0.4 is 5.73 Å². The number of hydrogen-bond acceptors (Lipinski definition) is 7. The summed E-state index contributed by atoms with van der Waals surface area (Å²) in [7, 11) is 0. The molecule has 0 spiro atoms. The summed E-state index contributed by atoms with van der Waals surface area (Å²) in [6.45, 7) is 2.18. The molecular weight excluding hydrogens is 417 g/mol. The number of aliphatic carboxylic acids is 1. The van der Waals surface area contributed by atoms with Crippen LogP contribution in [-0.4, -0.2) is 51.8 Å². The number of imidazole rings is 1. The van der Waals surface area contributed by atoms with Gasteiger partial charge in [0.05, 0.1) is 17.9 Å². The van der Waals surface area contributed by atoms with Gasteiger partial charge in [-0.3, -0.25) is 0 Å². The molecule has 1 atom stereocenters. The number of aromatic nitrogens is 7. The summed E-state index contributed by atoms with van der Waals surface area (Å²) in [6, 6.07) is 6.35. The number of carbonyl (C=O) groups is 1. The zero-order valence-corrected chi connectivity index (χ0v) is 16.2. The number of nitrogens with two attached hydrogens (primary N) is 1. The predicted molar refractivity (Wildman–Crippen MR) is 103 cm³/mol. The van der Waals surface area contributed by atoms with Crippen LogP contribution in [0.4, 0.5) is 19.0 Å². The van der Waals surface area contributed by atoms with E-state index in [1.165, 1.54) is 19.2 Å². The summed E-state index contributed by atoms with van der Waals surface area (Å²) in [5.41, 5.74) is 10.00. The van der Waals surface area contributed by atoms with Crippen LogP contribution in [0.15, 0.2) is 30.7 Å². The molecule has 31 heavy (non-hydrogen) atoms. The van der Waals surface area contributed by atoms with Gasteiger partial charge in [-0.2, -0.15) is 33.3 Å². The standard InChI is InChI=1S/C16H16N8.C2HF3O2/c1-9(10-2-3-10)24-21-12-5-4-11(6-13(12)22-24)14-7-18-16-15(17)19-8-20-23(14)16;3-2(4,5)1(6)7/h4-10H,2-3H2,1H3,(H2,17,19,20);(H,6,7). The second kappa shape index (κ2) is 7.49. The minimum Gasteiger partial charge on any atom is -0.475 e. The predicted octanol–water partition coefficient (Wildman–Crippen LogP) is 2.72. The Hall–Kier alpha value is -3.77. The van der Waals surface area contributed by atoms with Crippen molar-refractivity contribution in [2.45, 2.75) is 32.0 Å². The number of hydrogen-bond donors (Lipinski definition) is 2. The zero-order chi connectivity index (χ0) is 22.3. The summed E-state index contributed by atoms with van der Waals surface area (Å²) < 4.78 is 33.4. The highest BCUT2D eigenvalue weighted by molar-refractivity contribution is 5.81. The van der Waals surface area contributed by atoms with Crippen molar-refractivity contribution in [2.75, 3.05) is 5.73 Å². The molecule has 3 N–H and O–H groups in total. The van der Waals surface area contributed by atoms with Crippen molar-refractivity contribution >= 4 is 28.5 Å². The molecule has 3 heterocycles. The summed E-state index contributed by atoms with van der Waals surface area (Å²) in [6.07, 6.45) is 0.638. The third kappa shape index (κ3) is 4.11. The molecule has 0 radical (unpaired) electrons. The highest BCUT2D eigenvalue weighted by atomic mass is 19.4. The fourth-order valence-electron chi connectivity index (χ4n) is 3.07. The van der Waals surface area contributed by atoms with E-state index in [0.717, 1.165) is 22.3 Å². The van der Waals surface area contributed by atoms with E-state index in [2.05, 4.69) is 32.2 Å². The van der Waals surface area contributed by atoms with Gasteiger partial charge in [0.25, 0.3) is 0 Å². The first-order valence-corrected chi connectivity index (χ1v) is 9.26. The number of benzene rings is 1. The first-order chi connectivity index (χ1) is 14.6. The van der Waals surface area contributed by atoms with E-state index in [-0.39, 0.29) is 0 Å². The Morgan fingerprint density at radius 1 is 1.23 bits per heavy atom. The van der Waals surface area contributed by atoms with Gasteiger partial charge in [-0.1, -0.05) is 6.07 Å². The van der Waals surface area contributed by atoms with Crippen molar-refractivity contribution in [1.82, 2.24) is 34.6 Å². The number of rotatable bonds is 3. The molecule has 1 aliphatic rings. The highest BCUT2D eigenvalue weighted by Crippen LogP contribution is 2.39. The third-order valence-corrected chi connectivity index (χ3v) is 4.93. The smallest absolute Gasteiger partial charge is 0.475 e. The number of anilines is 1. The summed E-state index contributed by atoms with van der Waals surface area (Å²) in [4.78, 5) is 19.0. The van der Waals surface area contributed by atoms with Gasteiger partial charge in [-0.25, -0.2) is 19.3 Å². The van der Waals surface area contributed by atoms with Crippen molar-refractivity contribution in [2.24, 2.45) is 5.92 Å². The lowest BCUT2D eigenvalue weighted by Gasteiger charge is -2.07. The van der Waals surface area contributed by atoms with Crippen molar-refractivity contribution in [3.05, 3.63) is 30.7 Å². The van der Waals surface area contributed by atoms with Gasteiger partial charge in [-0.05, 0) is 37.8 Å². The van der Waals surface area contributed by atoms with Crippen LogP contribution in [0.2, 0.25) is 0 Å². The van der Waals surface area contributed by atoms with Crippen LogP contribution in [0, 0.1) is 5.92 Å². The lowest BCUT2D eigenvalue weighted by atomic mass is 10.1. The number of nitrogen functional groups attached to an aromatic ring is 1. The molecule has 1 saturated carbocycles. The van der Waals surface area contributed by atoms with Crippen molar-refractivity contribution < 1.29 is 23.1 Å². The van der Waals surface area contributed by atoms with Crippen molar-refractivity contribution in [3.63, 3.8) is 0 Å². The van der Waals surface area contributed by atoms with Crippen LogP contribution in [0.25, 0.3) is 27.9 Å². The van der Waals surface area contributed by atoms with E-state index >= 15 is 0 Å². The minimum atomic E-state index is -5.08. The van der Waals surface area contributed by atoms with Crippen LogP contribution in [0.3, 0.4) is 0 Å². The van der Waals surface area contributed by atoms with E-state index < -0.39 is 12.1 Å². The number of nitrogens with zero attached hydrogens (tertiary/aromatic N) is 7. The summed E-state index contributed by atoms with van der Waals surface area (Å²) in [5, 5.41) is 20.6. The molecular formula is C18H17F3N8O2. The second-order valence-electron chi connectivity index (χ2n) is 7.13. The third-order valence-electron chi connectivity index (χ3n) is 4.93. The van der Waals surface area contributed by atoms with Gasteiger partial charge in [0.2, 0.25) is 0 Å². The largest absolute Gasteiger partial charge is 0.490 e. The van der Waals surface area contributed by atoms with Crippen molar-refractivity contribution in [3.8, 4) is 11.3 Å². The van der Waals surface area contributed by atoms with E-state index in [4.69, 9.17) is 15.6 Å². The normalized spacial score (nSPS) is 15.0. The quantitative estimate of drug-likeness (QED) is 0.502. The molecule has 1 aliphatic carbocycles. The lowest BCUT2D eigenvalue weighted by Crippen LogP contribution is -2.21. The SMILES string of the molecule is CC(C1CC1)n1nc2ccc(-c3cnc4c(N)ncnn34)cc2n1.O=C(O)C(F)(F)F. The molecule has 4 aromatic rings. The molecule has 162 valence electrons. The highest BCUT2D eigenvalue weighted by Gasteiger charge is 2.38. The lowest BCUT2D eigenvalue weighted by molar-refractivity contribution is -0.192. The molecule has 13 heteroatoms. The minimum absolute atomic E-state index is 0.351. The monoisotopic (exact) mass is 434 g/mol. The van der Waals surface area contributed by atoms with Crippen LogP contribution >= 0.6 is 0 Å². The molecule has 0 aliphatic heterocycles. The Balaban J connectivity index is 0.000000289. The summed E-state index contributed by atoms with van der Waals surface area (Å²) >= 11 is 0. The van der Waals surface area contributed by atoms with E-state index in [1.54, 1.807) is 10.7 Å². The Kier molecular flexibility index (Phi) is 4.95. The zero-order valence-electron chi connectivity index (χ0n) is 16.2. The first-order valence-electron chi connectivity index (χ1n) is 9.26. The number of fused-ring (bicyclic) bond motifs is 2. The molecule has 5 rings (SSSR count). The average molecular weight is 434 g/mol. The van der Waals surface area contributed by atoms with Crippen LogP contribution in [-0.2, 0) is 4.79 Å². The number of carboxylic acids is 1. The molecule has 1 fully saturated rings. The fraction of sp³-hybridized carbons (Fsp3) is 0.333.